The molecule has 1 aromatic rings. The van der Waals surface area contributed by atoms with Crippen molar-refractivity contribution in [2.75, 3.05) is 12.5 Å². The predicted molar refractivity (Wildman–Crippen MR) is 58.9 cm³/mol. The average Bonchev–Trinajstić information content (AvgIpc) is 2.16. The normalized spacial score (nSPS) is 10.1. The molecule has 0 amide bonds. The highest BCUT2D eigenvalue weighted by Gasteiger charge is 2.11. The van der Waals surface area contributed by atoms with Crippen molar-refractivity contribution in [3.05, 3.63) is 23.0 Å². The molecule has 0 unspecified atom stereocenters. The zero-order valence-corrected chi connectivity index (χ0v) is 9.59. The van der Waals surface area contributed by atoms with E-state index >= 15 is 0 Å². The van der Waals surface area contributed by atoms with Gasteiger partial charge in [0.2, 0.25) is 5.12 Å². The summed E-state index contributed by atoms with van der Waals surface area (Å²) in [6.45, 7) is 0. The van der Waals surface area contributed by atoms with E-state index in [1.54, 1.807) is 12.3 Å². The molecule has 0 fully saturated rings. The number of halogens is 1. The van der Waals surface area contributed by atoms with E-state index in [-0.39, 0.29) is 5.12 Å². The van der Waals surface area contributed by atoms with Crippen LogP contribution >= 0.6 is 35.1 Å². The number of nitrogens with zero attached hydrogens (tertiary/aromatic N) is 1. The SMILES string of the molecule is CSC(=O)c1nc(Cl)ccc1SC. The van der Waals surface area contributed by atoms with Gasteiger partial charge in [-0.15, -0.1) is 11.8 Å². The fourth-order valence-corrected chi connectivity index (χ4v) is 1.93. The highest BCUT2D eigenvalue weighted by Crippen LogP contribution is 2.23. The highest BCUT2D eigenvalue weighted by atomic mass is 35.5. The first-order valence-electron chi connectivity index (χ1n) is 3.48. The summed E-state index contributed by atoms with van der Waals surface area (Å²) >= 11 is 8.33. The van der Waals surface area contributed by atoms with Gasteiger partial charge in [0.05, 0.1) is 0 Å². The van der Waals surface area contributed by atoms with Crippen molar-refractivity contribution in [2.24, 2.45) is 0 Å². The van der Waals surface area contributed by atoms with Crippen LogP contribution in [0.3, 0.4) is 0 Å². The lowest BCUT2D eigenvalue weighted by Gasteiger charge is -2.03. The fourth-order valence-electron chi connectivity index (χ4n) is 0.830. The first-order chi connectivity index (χ1) is 6.19. The number of hydrogen-bond donors (Lipinski definition) is 0. The minimum Gasteiger partial charge on any atom is -0.280 e. The predicted octanol–water partition coefficient (Wildman–Crippen LogP) is 2.96. The van der Waals surface area contributed by atoms with Crippen LogP contribution in [0, 0.1) is 0 Å². The van der Waals surface area contributed by atoms with Gasteiger partial charge in [0, 0.05) is 4.90 Å². The molecule has 0 aliphatic carbocycles. The van der Waals surface area contributed by atoms with Gasteiger partial charge in [0.1, 0.15) is 10.8 Å². The van der Waals surface area contributed by atoms with E-state index in [0.717, 1.165) is 16.7 Å². The molecule has 0 radical (unpaired) electrons. The molecule has 0 aromatic carbocycles. The van der Waals surface area contributed by atoms with Gasteiger partial charge in [-0.1, -0.05) is 23.4 Å². The second-order valence-corrected chi connectivity index (χ2v) is 4.19. The van der Waals surface area contributed by atoms with E-state index < -0.39 is 0 Å². The Morgan fingerprint density at radius 1 is 1.46 bits per heavy atom. The minimum atomic E-state index is -0.0492. The maximum absolute atomic E-state index is 11.4. The summed E-state index contributed by atoms with van der Waals surface area (Å²) in [6, 6.07) is 3.49. The highest BCUT2D eigenvalue weighted by molar-refractivity contribution is 8.13. The summed E-state index contributed by atoms with van der Waals surface area (Å²) < 4.78 is 0. The Morgan fingerprint density at radius 3 is 2.69 bits per heavy atom. The van der Waals surface area contributed by atoms with Crippen LogP contribution in [0.25, 0.3) is 0 Å². The monoisotopic (exact) mass is 233 g/mol. The molecule has 70 valence electrons. The van der Waals surface area contributed by atoms with E-state index in [1.807, 2.05) is 12.3 Å². The summed E-state index contributed by atoms with van der Waals surface area (Å²) in [5.74, 6) is 0. The molecular formula is C8H8ClNOS2. The lowest BCUT2D eigenvalue weighted by molar-refractivity contribution is 0.108. The quantitative estimate of drug-likeness (QED) is 0.580. The molecule has 0 spiro atoms. The first-order valence-corrected chi connectivity index (χ1v) is 6.30. The molecule has 0 saturated carbocycles. The van der Waals surface area contributed by atoms with Gasteiger partial charge in [-0.2, -0.15) is 0 Å². The van der Waals surface area contributed by atoms with Gasteiger partial charge < -0.3 is 0 Å². The van der Waals surface area contributed by atoms with Crippen molar-refractivity contribution >= 4 is 40.2 Å². The molecule has 0 aliphatic heterocycles. The standard InChI is InChI=1S/C8H8ClNOS2/c1-12-5-3-4-6(9)10-7(5)8(11)13-2/h3-4H,1-2H3. The molecule has 1 aromatic heterocycles. The van der Waals surface area contributed by atoms with E-state index in [9.17, 15) is 4.79 Å². The molecule has 2 nitrogen and oxygen atoms in total. The van der Waals surface area contributed by atoms with E-state index in [2.05, 4.69) is 4.98 Å². The molecule has 0 N–H and O–H groups in total. The lowest BCUT2D eigenvalue weighted by Crippen LogP contribution is -1.99. The van der Waals surface area contributed by atoms with Crippen molar-refractivity contribution in [3.63, 3.8) is 0 Å². The third kappa shape index (κ3) is 2.62. The van der Waals surface area contributed by atoms with E-state index in [0.29, 0.717) is 10.8 Å². The summed E-state index contributed by atoms with van der Waals surface area (Å²) in [5.41, 5.74) is 0.451. The van der Waals surface area contributed by atoms with Crippen LogP contribution in [0.4, 0.5) is 0 Å². The third-order valence-corrected chi connectivity index (χ3v) is 2.97. The summed E-state index contributed by atoms with van der Waals surface area (Å²) in [6.07, 6.45) is 3.64. The van der Waals surface area contributed by atoms with Gasteiger partial charge in [-0.25, -0.2) is 4.98 Å². The zero-order chi connectivity index (χ0) is 9.84. The molecular weight excluding hydrogens is 226 g/mol. The van der Waals surface area contributed by atoms with Crippen LogP contribution in [0.1, 0.15) is 10.5 Å². The topological polar surface area (TPSA) is 30.0 Å². The Labute approximate surface area is 90.5 Å². The maximum atomic E-state index is 11.4. The van der Waals surface area contributed by atoms with Gasteiger partial charge in [-0.3, -0.25) is 4.79 Å². The molecule has 0 saturated heterocycles. The van der Waals surface area contributed by atoms with Crippen molar-refractivity contribution in [2.45, 2.75) is 4.90 Å². The van der Waals surface area contributed by atoms with Gasteiger partial charge in [0.15, 0.2) is 0 Å². The van der Waals surface area contributed by atoms with Crippen LogP contribution in [0.2, 0.25) is 5.15 Å². The Bertz CT molecular complexity index is 330. The third-order valence-electron chi connectivity index (χ3n) is 1.42. The average molecular weight is 234 g/mol. The van der Waals surface area contributed by atoms with Crippen LogP contribution in [0.15, 0.2) is 17.0 Å². The Balaban J connectivity index is 3.15. The number of rotatable bonds is 2. The largest absolute Gasteiger partial charge is 0.280 e. The number of aromatic nitrogens is 1. The van der Waals surface area contributed by atoms with Crippen molar-refractivity contribution < 1.29 is 4.79 Å². The first kappa shape index (κ1) is 10.9. The molecule has 1 heterocycles. The van der Waals surface area contributed by atoms with Crippen molar-refractivity contribution in [3.8, 4) is 0 Å². The lowest BCUT2D eigenvalue weighted by atomic mass is 10.4. The van der Waals surface area contributed by atoms with Gasteiger partial charge in [0.25, 0.3) is 0 Å². The smallest absolute Gasteiger partial charge is 0.238 e. The van der Waals surface area contributed by atoms with Crippen molar-refractivity contribution in [1.82, 2.24) is 4.98 Å². The van der Waals surface area contributed by atoms with Crippen LogP contribution < -0.4 is 0 Å². The van der Waals surface area contributed by atoms with E-state index in [4.69, 9.17) is 11.6 Å². The second-order valence-electron chi connectivity index (χ2n) is 2.18. The number of carbonyl (C=O) groups excluding carboxylic acids is 1. The summed E-state index contributed by atoms with van der Waals surface area (Å²) in [7, 11) is 0. The molecule has 0 bridgehead atoms. The minimum absolute atomic E-state index is 0.0492. The van der Waals surface area contributed by atoms with Gasteiger partial charge in [-0.05, 0) is 24.6 Å². The fraction of sp³-hybridized carbons (Fsp3) is 0.250. The Morgan fingerprint density at radius 2 is 2.15 bits per heavy atom. The number of hydrogen-bond acceptors (Lipinski definition) is 4. The molecule has 0 atom stereocenters. The number of carbonyl (C=O) groups is 1. The van der Waals surface area contributed by atoms with Gasteiger partial charge >= 0.3 is 0 Å². The molecule has 13 heavy (non-hydrogen) atoms. The zero-order valence-electron chi connectivity index (χ0n) is 7.20. The number of thioether (sulfide) groups is 2. The summed E-state index contributed by atoms with van der Waals surface area (Å²) in [4.78, 5) is 16.2. The molecule has 0 aliphatic rings. The molecule has 5 heteroatoms. The second kappa shape index (κ2) is 4.88. The molecule has 1 rings (SSSR count). The maximum Gasteiger partial charge on any atom is 0.238 e. The van der Waals surface area contributed by atoms with Crippen LogP contribution in [0.5, 0.6) is 0 Å². The van der Waals surface area contributed by atoms with Crippen LogP contribution in [-0.2, 0) is 0 Å². The van der Waals surface area contributed by atoms with Crippen LogP contribution in [-0.4, -0.2) is 22.6 Å². The Kier molecular flexibility index (Phi) is 4.09. The Hall–Kier alpha value is -0.190. The summed E-state index contributed by atoms with van der Waals surface area (Å²) in [5, 5.41) is 0.307. The van der Waals surface area contributed by atoms with E-state index in [1.165, 1.54) is 11.8 Å². The number of pyridine rings is 1. The van der Waals surface area contributed by atoms with Crippen molar-refractivity contribution in [1.29, 1.82) is 0 Å².